The number of rotatable bonds is 4. The standard InChI is InChI=1S/C12H14N4O4S/c1-15-11(5-6-14-15)21(19,20)16(2)10-4-3-8(13)7-9(10)12(17)18/h3-7H,13H2,1-2H3,(H,17,18). The van der Waals surface area contributed by atoms with E-state index < -0.39 is 16.0 Å². The first-order chi connectivity index (χ1) is 9.75. The molecule has 8 nitrogen and oxygen atoms in total. The topological polar surface area (TPSA) is 119 Å². The largest absolute Gasteiger partial charge is 0.478 e. The first-order valence-electron chi connectivity index (χ1n) is 5.85. The first kappa shape index (κ1) is 14.9. The second kappa shape index (κ2) is 5.09. The normalized spacial score (nSPS) is 11.3. The summed E-state index contributed by atoms with van der Waals surface area (Å²) in [4.78, 5) is 11.3. The summed E-state index contributed by atoms with van der Waals surface area (Å²) in [5.74, 6) is -1.26. The molecule has 1 aromatic heterocycles. The smallest absolute Gasteiger partial charge is 0.337 e. The number of hydrogen-bond acceptors (Lipinski definition) is 5. The molecule has 0 unspecified atom stereocenters. The zero-order chi connectivity index (χ0) is 15.8. The second-order valence-electron chi connectivity index (χ2n) is 4.35. The minimum absolute atomic E-state index is 0.0258. The number of anilines is 2. The van der Waals surface area contributed by atoms with E-state index in [9.17, 15) is 18.3 Å². The lowest BCUT2D eigenvalue weighted by molar-refractivity contribution is 0.0698. The molecule has 3 N–H and O–H groups in total. The van der Waals surface area contributed by atoms with Crippen LogP contribution in [0.15, 0.2) is 35.5 Å². The maximum absolute atomic E-state index is 12.5. The predicted molar refractivity (Wildman–Crippen MR) is 76.6 cm³/mol. The van der Waals surface area contributed by atoms with E-state index >= 15 is 0 Å². The summed E-state index contributed by atoms with van der Waals surface area (Å²) in [6.45, 7) is 0. The van der Waals surface area contributed by atoms with Crippen LogP contribution in [0.5, 0.6) is 0 Å². The van der Waals surface area contributed by atoms with Gasteiger partial charge in [-0.2, -0.15) is 13.5 Å². The molecule has 0 bridgehead atoms. The third-order valence-corrected chi connectivity index (χ3v) is 4.84. The van der Waals surface area contributed by atoms with E-state index in [4.69, 9.17) is 5.73 Å². The van der Waals surface area contributed by atoms with Crippen molar-refractivity contribution in [3.05, 3.63) is 36.0 Å². The molecule has 0 aliphatic heterocycles. The van der Waals surface area contributed by atoms with Gasteiger partial charge in [-0.15, -0.1) is 0 Å². The van der Waals surface area contributed by atoms with Crippen LogP contribution in [-0.2, 0) is 17.1 Å². The van der Waals surface area contributed by atoms with Crippen LogP contribution in [-0.4, -0.2) is 36.3 Å². The monoisotopic (exact) mass is 310 g/mol. The number of aryl methyl sites for hydroxylation is 1. The Morgan fingerprint density at radius 1 is 1.38 bits per heavy atom. The van der Waals surface area contributed by atoms with E-state index in [2.05, 4.69) is 5.10 Å². The molecule has 1 aromatic carbocycles. The van der Waals surface area contributed by atoms with Crippen molar-refractivity contribution in [2.24, 2.45) is 7.05 Å². The molecule has 2 rings (SSSR count). The number of sulfonamides is 1. The molecule has 0 aliphatic carbocycles. The van der Waals surface area contributed by atoms with Gasteiger partial charge in [0, 0.05) is 19.8 Å². The Morgan fingerprint density at radius 2 is 2.05 bits per heavy atom. The van der Waals surface area contributed by atoms with Gasteiger partial charge >= 0.3 is 5.97 Å². The number of nitrogens with two attached hydrogens (primary N) is 1. The minimum atomic E-state index is -3.92. The molecule has 9 heteroatoms. The number of carbonyl (C=O) groups is 1. The summed E-state index contributed by atoms with van der Waals surface area (Å²) in [5, 5.41) is 13.0. The van der Waals surface area contributed by atoms with Gasteiger partial charge in [-0.3, -0.25) is 8.99 Å². The second-order valence-corrected chi connectivity index (χ2v) is 6.26. The fourth-order valence-electron chi connectivity index (χ4n) is 1.88. The van der Waals surface area contributed by atoms with Crippen LogP contribution < -0.4 is 10.0 Å². The highest BCUT2D eigenvalue weighted by Crippen LogP contribution is 2.27. The Labute approximate surface area is 121 Å². The van der Waals surface area contributed by atoms with Gasteiger partial charge in [0.2, 0.25) is 0 Å². The third-order valence-electron chi connectivity index (χ3n) is 2.99. The van der Waals surface area contributed by atoms with Gasteiger partial charge in [-0.05, 0) is 24.3 Å². The van der Waals surface area contributed by atoms with E-state index in [0.29, 0.717) is 0 Å². The lowest BCUT2D eigenvalue weighted by atomic mass is 10.1. The summed E-state index contributed by atoms with van der Waals surface area (Å²) in [7, 11) is -1.15. The van der Waals surface area contributed by atoms with E-state index in [0.717, 1.165) is 4.31 Å². The molecule has 112 valence electrons. The lowest BCUT2D eigenvalue weighted by Gasteiger charge is -2.21. The number of hydrogen-bond donors (Lipinski definition) is 2. The van der Waals surface area contributed by atoms with Crippen molar-refractivity contribution in [2.45, 2.75) is 5.03 Å². The Hall–Kier alpha value is -2.55. The summed E-state index contributed by atoms with van der Waals surface area (Å²) in [6.07, 6.45) is 1.35. The summed E-state index contributed by atoms with van der Waals surface area (Å²) < 4.78 is 27.1. The van der Waals surface area contributed by atoms with Crippen LogP contribution in [0.25, 0.3) is 0 Å². The van der Waals surface area contributed by atoms with Crippen molar-refractivity contribution in [2.75, 3.05) is 17.1 Å². The molecule has 0 aliphatic rings. The molecule has 0 radical (unpaired) electrons. The highest BCUT2D eigenvalue weighted by atomic mass is 32.2. The Kier molecular flexibility index (Phi) is 3.60. The molecule has 1 heterocycles. The zero-order valence-electron chi connectivity index (χ0n) is 11.4. The predicted octanol–water partition coefficient (Wildman–Crippen LogP) is 0.526. The van der Waals surface area contributed by atoms with Crippen LogP contribution in [0.1, 0.15) is 10.4 Å². The van der Waals surface area contributed by atoms with Gasteiger partial charge in [0.25, 0.3) is 10.0 Å². The number of carboxylic acid groups (broad SMARTS) is 1. The van der Waals surface area contributed by atoms with Crippen molar-refractivity contribution < 1.29 is 18.3 Å². The van der Waals surface area contributed by atoms with Gasteiger partial charge in [0.1, 0.15) is 0 Å². The molecule has 21 heavy (non-hydrogen) atoms. The Bertz CT molecular complexity index is 797. The van der Waals surface area contributed by atoms with Gasteiger partial charge in [0.15, 0.2) is 5.03 Å². The number of benzene rings is 1. The molecule has 0 saturated carbocycles. The Morgan fingerprint density at radius 3 is 2.57 bits per heavy atom. The SMILES string of the molecule is CN(c1ccc(N)cc1C(=O)O)S(=O)(=O)c1ccnn1C. The number of aromatic carboxylic acids is 1. The fraction of sp³-hybridized carbons (Fsp3) is 0.167. The molecule has 2 aromatic rings. The lowest BCUT2D eigenvalue weighted by Crippen LogP contribution is -2.29. The van der Waals surface area contributed by atoms with Crippen molar-refractivity contribution in [3.63, 3.8) is 0 Å². The van der Waals surface area contributed by atoms with Crippen molar-refractivity contribution in [1.82, 2.24) is 9.78 Å². The fourth-order valence-corrected chi connectivity index (χ4v) is 3.20. The maximum atomic E-state index is 12.5. The molecule has 0 fully saturated rings. The number of aromatic nitrogens is 2. The quantitative estimate of drug-likeness (QED) is 0.795. The van der Waals surface area contributed by atoms with Crippen LogP contribution in [0.3, 0.4) is 0 Å². The van der Waals surface area contributed by atoms with Gasteiger partial charge in [0.05, 0.1) is 17.4 Å². The van der Waals surface area contributed by atoms with Crippen LogP contribution >= 0.6 is 0 Å². The summed E-state index contributed by atoms with van der Waals surface area (Å²) in [6, 6.07) is 5.35. The van der Waals surface area contributed by atoms with Crippen molar-refractivity contribution >= 4 is 27.4 Å². The molecular weight excluding hydrogens is 296 g/mol. The average Bonchev–Trinajstić information content (AvgIpc) is 2.84. The highest BCUT2D eigenvalue weighted by Gasteiger charge is 2.27. The highest BCUT2D eigenvalue weighted by molar-refractivity contribution is 7.92. The zero-order valence-corrected chi connectivity index (χ0v) is 12.2. The molecule has 0 atom stereocenters. The van der Waals surface area contributed by atoms with Crippen molar-refractivity contribution in [1.29, 1.82) is 0 Å². The summed E-state index contributed by atoms with van der Waals surface area (Å²) >= 11 is 0. The summed E-state index contributed by atoms with van der Waals surface area (Å²) in [5.41, 5.74) is 5.62. The van der Waals surface area contributed by atoms with E-state index in [1.165, 1.54) is 49.2 Å². The van der Waals surface area contributed by atoms with Crippen molar-refractivity contribution in [3.8, 4) is 0 Å². The first-order valence-corrected chi connectivity index (χ1v) is 7.29. The molecular formula is C12H14N4O4S. The van der Waals surface area contributed by atoms with Crippen LogP contribution in [0.4, 0.5) is 11.4 Å². The van der Waals surface area contributed by atoms with E-state index in [-0.39, 0.29) is 22.0 Å². The van der Waals surface area contributed by atoms with Gasteiger partial charge in [-0.1, -0.05) is 0 Å². The van der Waals surface area contributed by atoms with Gasteiger partial charge in [-0.25, -0.2) is 4.79 Å². The minimum Gasteiger partial charge on any atom is -0.478 e. The Balaban J connectivity index is 2.58. The van der Waals surface area contributed by atoms with Crippen LogP contribution in [0, 0.1) is 0 Å². The van der Waals surface area contributed by atoms with Gasteiger partial charge < -0.3 is 10.8 Å². The van der Waals surface area contributed by atoms with Crippen LogP contribution in [0.2, 0.25) is 0 Å². The van der Waals surface area contributed by atoms with E-state index in [1.54, 1.807) is 0 Å². The molecule has 0 amide bonds. The molecule has 0 spiro atoms. The number of nitrogen functional groups attached to an aromatic ring is 1. The molecule has 0 saturated heterocycles. The third kappa shape index (κ3) is 2.55. The average molecular weight is 310 g/mol. The number of nitrogens with zero attached hydrogens (tertiary/aromatic N) is 3. The number of carboxylic acids is 1. The van der Waals surface area contributed by atoms with E-state index in [1.807, 2.05) is 0 Å². The maximum Gasteiger partial charge on any atom is 0.337 e.